The molecule has 2 fully saturated rings. The number of rotatable bonds is 3. The van der Waals surface area contributed by atoms with Gasteiger partial charge >= 0.3 is 0 Å². The predicted octanol–water partition coefficient (Wildman–Crippen LogP) is 1.54. The van der Waals surface area contributed by atoms with E-state index in [4.69, 9.17) is 0 Å². The summed E-state index contributed by atoms with van der Waals surface area (Å²) in [5, 5.41) is 3.03. The van der Waals surface area contributed by atoms with E-state index < -0.39 is 0 Å². The molecule has 3 heteroatoms. The number of nitrogens with one attached hydrogen (secondary N) is 1. The van der Waals surface area contributed by atoms with Crippen LogP contribution in [0.2, 0.25) is 0 Å². The second kappa shape index (κ2) is 5.33. The number of nitrogens with zero attached hydrogens (tertiary/aromatic N) is 1. The first kappa shape index (κ1) is 12.7. The van der Waals surface area contributed by atoms with Gasteiger partial charge in [0.2, 0.25) is 5.91 Å². The second-order valence-corrected chi connectivity index (χ2v) is 5.95. The number of hydrogen-bond acceptors (Lipinski definition) is 2. The van der Waals surface area contributed by atoms with E-state index in [0.717, 1.165) is 32.6 Å². The van der Waals surface area contributed by atoms with Crippen molar-refractivity contribution < 1.29 is 4.79 Å². The van der Waals surface area contributed by atoms with Crippen molar-refractivity contribution in [2.75, 3.05) is 26.2 Å². The van der Waals surface area contributed by atoms with E-state index in [0.29, 0.717) is 11.8 Å². The lowest BCUT2D eigenvalue weighted by Crippen LogP contribution is -2.46. The van der Waals surface area contributed by atoms with Gasteiger partial charge in [-0.05, 0) is 23.8 Å². The van der Waals surface area contributed by atoms with Crippen molar-refractivity contribution >= 4 is 5.91 Å². The van der Waals surface area contributed by atoms with Gasteiger partial charge in [-0.15, -0.1) is 0 Å². The maximum absolute atomic E-state index is 11.7. The molecule has 1 N–H and O–H groups in total. The first-order chi connectivity index (χ1) is 9.24. The van der Waals surface area contributed by atoms with Gasteiger partial charge in [-0.25, -0.2) is 0 Å². The lowest BCUT2D eigenvalue weighted by Gasteiger charge is -2.30. The molecular formula is C16H22N2O. The highest BCUT2D eigenvalue weighted by Crippen LogP contribution is 2.32. The van der Waals surface area contributed by atoms with E-state index in [9.17, 15) is 4.79 Å². The van der Waals surface area contributed by atoms with Gasteiger partial charge < -0.3 is 10.2 Å². The van der Waals surface area contributed by atoms with Crippen molar-refractivity contribution in [3.05, 3.63) is 35.9 Å². The van der Waals surface area contributed by atoms with Crippen molar-refractivity contribution in [3.8, 4) is 0 Å². The highest BCUT2D eigenvalue weighted by Gasteiger charge is 2.41. The Morgan fingerprint density at radius 3 is 2.84 bits per heavy atom. The van der Waals surface area contributed by atoms with Gasteiger partial charge in [0, 0.05) is 32.1 Å². The van der Waals surface area contributed by atoms with E-state index in [1.807, 2.05) is 0 Å². The quantitative estimate of drug-likeness (QED) is 0.892. The molecule has 0 aliphatic carbocycles. The summed E-state index contributed by atoms with van der Waals surface area (Å²) in [7, 11) is 0. The van der Waals surface area contributed by atoms with Crippen LogP contribution in [-0.4, -0.2) is 37.0 Å². The Kier molecular flexibility index (Phi) is 3.56. The molecule has 2 aliphatic rings. The topological polar surface area (TPSA) is 32.3 Å². The van der Waals surface area contributed by atoms with Crippen molar-refractivity contribution in [1.82, 2.24) is 10.2 Å². The Morgan fingerprint density at radius 1 is 1.26 bits per heavy atom. The van der Waals surface area contributed by atoms with Crippen LogP contribution in [-0.2, 0) is 11.2 Å². The largest absolute Gasteiger partial charge is 0.356 e. The van der Waals surface area contributed by atoms with Gasteiger partial charge in [0.25, 0.3) is 0 Å². The lowest BCUT2D eigenvalue weighted by atomic mass is 9.81. The third-order valence-electron chi connectivity index (χ3n) is 4.72. The SMILES string of the molecule is C[C@@H]1C(=O)NC[C@H]2CN(CCc3ccccc3)C[C@H]21. The molecule has 0 unspecified atom stereocenters. The number of piperidine rings is 1. The molecule has 2 heterocycles. The summed E-state index contributed by atoms with van der Waals surface area (Å²) in [5.74, 6) is 1.64. The fourth-order valence-corrected chi connectivity index (χ4v) is 3.47. The normalized spacial score (nSPS) is 31.0. The highest BCUT2D eigenvalue weighted by molar-refractivity contribution is 5.79. The summed E-state index contributed by atoms with van der Waals surface area (Å²) >= 11 is 0. The highest BCUT2D eigenvalue weighted by atomic mass is 16.1. The smallest absolute Gasteiger partial charge is 0.223 e. The van der Waals surface area contributed by atoms with Crippen molar-refractivity contribution in [2.45, 2.75) is 13.3 Å². The summed E-state index contributed by atoms with van der Waals surface area (Å²) in [5.41, 5.74) is 1.40. The average Bonchev–Trinajstić information content (AvgIpc) is 2.86. The number of carbonyl (C=O) groups excluding carboxylic acids is 1. The van der Waals surface area contributed by atoms with Gasteiger partial charge in [0.15, 0.2) is 0 Å². The van der Waals surface area contributed by atoms with Crippen LogP contribution in [0.3, 0.4) is 0 Å². The molecule has 1 amide bonds. The first-order valence-corrected chi connectivity index (χ1v) is 7.28. The van der Waals surface area contributed by atoms with Crippen molar-refractivity contribution in [3.63, 3.8) is 0 Å². The molecule has 0 bridgehead atoms. The van der Waals surface area contributed by atoms with Gasteiger partial charge in [0.05, 0.1) is 0 Å². The molecule has 1 aromatic rings. The molecule has 2 saturated heterocycles. The van der Waals surface area contributed by atoms with Crippen LogP contribution in [0.15, 0.2) is 30.3 Å². The second-order valence-electron chi connectivity index (χ2n) is 5.95. The van der Waals surface area contributed by atoms with Crippen LogP contribution < -0.4 is 5.32 Å². The van der Waals surface area contributed by atoms with E-state index in [-0.39, 0.29) is 11.8 Å². The zero-order valence-corrected chi connectivity index (χ0v) is 11.5. The van der Waals surface area contributed by atoms with Gasteiger partial charge in [0.1, 0.15) is 0 Å². The summed E-state index contributed by atoms with van der Waals surface area (Å²) in [4.78, 5) is 14.2. The predicted molar refractivity (Wildman–Crippen MR) is 75.7 cm³/mol. The van der Waals surface area contributed by atoms with Crippen LogP contribution in [0.25, 0.3) is 0 Å². The summed E-state index contributed by atoms with van der Waals surface area (Å²) in [6.07, 6.45) is 1.11. The van der Waals surface area contributed by atoms with Crippen LogP contribution in [0.5, 0.6) is 0 Å². The standard InChI is InChI=1S/C16H22N2O/c1-12-15-11-18(10-14(15)9-17-16(12)19)8-7-13-5-3-2-4-6-13/h2-6,12,14-15H,7-11H2,1H3,(H,17,19)/t12-,14-,15-/m0/s1. The zero-order chi connectivity index (χ0) is 13.2. The minimum absolute atomic E-state index is 0.181. The number of likely N-dealkylation sites (tertiary alicyclic amines) is 1. The number of benzene rings is 1. The Morgan fingerprint density at radius 2 is 2.05 bits per heavy atom. The molecule has 3 nitrogen and oxygen atoms in total. The van der Waals surface area contributed by atoms with Crippen LogP contribution in [0.1, 0.15) is 12.5 Å². The Bertz CT molecular complexity index is 445. The van der Waals surface area contributed by atoms with E-state index in [1.165, 1.54) is 5.56 Å². The molecule has 0 spiro atoms. The number of fused-ring (bicyclic) bond motifs is 1. The molecule has 102 valence electrons. The zero-order valence-electron chi connectivity index (χ0n) is 11.5. The lowest BCUT2D eigenvalue weighted by molar-refractivity contribution is -0.128. The number of amides is 1. The van der Waals surface area contributed by atoms with E-state index >= 15 is 0 Å². The Labute approximate surface area is 115 Å². The molecule has 2 aliphatic heterocycles. The summed E-state index contributed by atoms with van der Waals surface area (Å²) < 4.78 is 0. The summed E-state index contributed by atoms with van der Waals surface area (Å²) in [6.45, 7) is 6.29. The molecule has 1 aromatic carbocycles. The van der Waals surface area contributed by atoms with Crippen LogP contribution >= 0.6 is 0 Å². The maximum Gasteiger partial charge on any atom is 0.223 e. The van der Waals surface area contributed by atoms with Crippen LogP contribution in [0, 0.1) is 17.8 Å². The molecular weight excluding hydrogens is 236 g/mol. The fourth-order valence-electron chi connectivity index (χ4n) is 3.47. The molecule has 0 radical (unpaired) electrons. The monoisotopic (exact) mass is 258 g/mol. The number of hydrogen-bond donors (Lipinski definition) is 1. The van der Waals surface area contributed by atoms with Gasteiger partial charge in [-0.2, -0.15) is 0 Å². The van der Waals surface area contributed by atoms with E-state index in [1.54, 1.807) is 0 Å². The van der Waals surface area contributed by atoms with E-state index in [2.05, 4.69) is 47.5 Å². The maximum atomic E-state index is 11.7. The fraction of sp³-hybridized carbons (Fsp3) is 0.562. The van der Waals surface area contributed by atoms with Gasteiger partial charge in [-0.3, -0.25) is 4.79 Å². The molecule has 0 saturated carbocycles. The Balaban J connectivity index is 1.56. The number of carbonyl (C=O) groups is 1. The Hall–Kier alpha value is -1.35. The molecule has 0 aromatic heterocycles. The first-order valence-electron chi connectivity index (χ1n) is 7.28. The van der Waals surface area contributed by atoms with Crippen molar-refractivity contribution in [2.24, 2.45) is 17.8 Å². The molecule has 19 heavy (non-hydrogen) atoms. The minimum Gasteiger partial charge on any atom is -0.356 e. The average molecular weight is 258 g/mol. The molecule has 3 rings (SSSR count). The third kappa shape index (κ3) is 2.66. The van der Waals surface area contributed by atoms with Crippen LogP contribution in [0.4, 0.5) is 0 Å². The van der Waals surface area contributed by atoms with Gasteiger partial charge in [-0.1, -0.05) is 37.3 Å². The summed E-state index contributed by atoms with van der Waals surface area (Å²) in [6, 6.07) is 10.6. The third-order valence-corrected chi connectivity index (χ3v) is 4.72. The van der Waals surface area contributed by atoms with Crippen molar-refractivity contribution in [1.29, 1.82) is 0 Å². The minimum atomic E-state index is 0.181. The molecule has 3 atom stereocenters.